The van der Waals surface area contributed by atoms with E-state index < -0.39 is 0 Å². The number of hydrogen-bond acceptors (Lipinski definition) is 4. The molecule has 0 radical (unpaired) electrons. The van der Waals surface area contributed by atoms with Gasteiger partial charge in [-0.15, -0.1) is 0 Å². The van der Waals surface area contributed by atoms with Crippen molar-refractivity contribution in [3.05, 3.63) is 29.8 Å². The molecule has 1 heterocycles. The van der Waals surface area contributed by atoms with Crippen molar-refractivity contribution in [3.63, 3.8) is 0 Å². The van der Waals surface area contributed by atoms with Crippen LogP contribution in [-0.2, 0) is 9.47 Å². The minimum absolute atomic E-state index is 0.215. The fraction of sp³-hybridized carbons (Fsp3) is 0.625. The Morgan fingerprint density at radius 1 is 1.35 bits per heavy atom. The minimum Gasteiger partial charge on any atom is -0.497 e. The summed E-state index contributed by atoms with van der Waals surface area (Å²) < 4.78 is 16.6. The van der Waals surface area contributed by atoms with E-state index in [2.05, 4.69) is 24.4 Å². The summed E-state index contributed by atoms with van der Waals surface area (Å²) in [7, 11) is 1.68. The highest BCUT2D eigenvalue weighted by atomic mass is 16.5. The van der Waals surface area contributed by atoms with Crippen LogP contribution in [0, 0.1) is 0 Å². The van der Waals surface area contributed by atoms with E-state index in [1.807, 2.05) is 12.1 Å². The Labute approximate surface area is 121 Å². The number of methoxy groups -OCH3 is 1. The predicted octanol–water partition coefficient (Wildman–Crippen LogP) is 2.54. The quantitative estimate of drug-likeness (QED) is 0.794. The van der Waals surface area contributed by atoms with Crippen molar-refractivity contribution in [2.24, 2.45) is 0 Å². The molecular weight excluding hydrogens is 254 g/mol. The minimum atomic E-state index is 0.215. The van der Waals surface area contributed by atoms with Crippen molar-refractivity contribution in [2.75, 3.05) is 33.5 Å². The molecule has 1 aromatic rings. The molecule has 2 atom stereocenters. The molecular formula is C16H25NO3. The Balaban J connectivity index is 1.84. The summed E-state index contributed by atoms with van der Waals surface area (Å²) in [6.45, 7) is 5.26. The number of nitrogens with one attached hydrogen (secondary N) is 1. The van der Waals surface area contributed by atoms with Crippen LogP contribution in [0.15, 0.2) is 24.3 Å². The summed E-state index contributed by atoms with van der Waals surface area (Å²) >= 11 is 0. The van der Waals surface area contributed by atoms with Crippen molar-refractivity contribution in [1.82, 2.24) is 5.32 Å². The second-order valence-electron chi connectivity index (χ2n) is 5.06. The van der Waals surface area contributed by atoms with Gasteiger partial charge < -0.3 is 19.5 Å². The van der Waals surface area contributed by atoms with Gasteiger partial charge in [0.25, 0.3) is 0 Å². The van der Waals surface area contributed by atoms with Crippen molar-refractivity contribution in [2.45, 2.75) is 31.9 Å². The Morgan fingerprint density at radius 2 is 2.15 bits per heavy atom. The topological polar surface area (TPSA) is 39.7 Å². The van der Waals surface area contributed by atoms with Gasteiger partial charge in [0, 0.05) is 6.61 Å². The molecule has 1 fully saturated rings. The van der Waals surface area contributed by atoms with E-state index in [4.69, 9.17) is 14.2 Å². The van der Waals surface area contributed by atoms with Crippen LogP contribution >= 0.6 is 0 Å². The Morgan fingerprint density at radius 3 is 2.75 bits per heavy atom. The van der Waals surface area contributed by atoms with Crippen molar-refractivity contribution < 1.29 is 14.2 Å². The largest absolute Gasteiger partial charge is 0.497 e. The molecule has 0 amide bonds. The monoisotopic (exact) mass is 279 g/mol. The maximum Gasteiger partial charge on any atom is 0.118 e. The van der Waals surface area contributed by atoms with Gasteiger partial charge in [-0.25, -0.2) is 0 Å². The second-order valence-corrected chi connectivity index (χ2v) is 5.06. The van der Waals surface area contributed by atoms with Crippen molar-refractivity contribution in [3.8, 4) is 5.75 Å². The van der Waals surface area contributed by atoms with E-state index in [1.54, 1.807) is 7.11 Å². The maximum absolute atomic E-state index is 5.82. The number of rotatable bonds is 8. The summed E-state index contributed by atoms with van der Waals surface area (Å²) in [5, 5.41) is 3.46. The first kappa shape index (κ1) is 15.3. The first-order chi connectivity index (χ1) is 9.83. The van der Waals surface area contributed by atoms with Gasteiger partial charge in [0.1, 0.15) is 5.75 Å². The fourth-order valence-electron chi connectivity index (χ4n) is 2.45. The summed E-state index contributed by atoms with van der Waals surface area (Å²) in [5.74, 6) is 0.879. The molecule has 0 spiro atoms. The maximum atomic E-state index is 5.82. The first-order valence-electron chi connectivity index (χ1n) is 7.40. The number of hydrogen-bond donors (Lipinski definition) is 1. The zero-order valence-electron chi connectivity index (χ0n) is 12.4. The third-order valence-electron chi connectivity index (χ3n) is 3.58. The Kier molecular flexibility index (Phi) is 6.30. The molecule has 0 saturated carbocycles. The van der Waals surface area contributed by atoms with Gasteiger partial charge in [0.05, 0.1) is 32.5 Å². The molecule has 1 N–H and O–H groups in total. The summed E-state index contributed by atoms with van der Waals surface area (Å²) in [5.41, 5.74) is 1.22. The number of ether oxygens (including phenoxy) is 3. The van der Waals surface area contributed by atoms with Crippen LogP contribution in [0.25, 0.3) is 0 Å². The lowest BCUT2D eigenvalue weighted by atomic mass is 10.1. The van der Waals surface area contributed by atoms with Crippen LogP contribution in [0.4, 0.5) is 0 Å². The highest BCUT2D eigenvalue weighted by molar-refractivity contribution is 5.29. The summed E-state index contributed by atoms with van der Waals surface area (Å²) in [6.07, 6.45) is 2.56. The standard InChI is InChI=1S/C16H25NO3/c1-3-17-16(12-19-11-15-5-4-10-20-15)13-6-8-14(18-2)9-7-13/h6-9,15-17H,3-5,10-12H2,1-2H3. The molecule has 1 saturated heterocycles. The molecule has 4 heteroatoms. The average Bonchev–Trinajstić information content (AvgIpc) is 3.00. The molecule has 20 heavy (non-hydrogen) atoms. The van der Waals surface area contributed by atoms with Crippen LogP contribution in [0.3, 0.4) is 0 Å². The smallest absolute Gasteiger partial charge is 0.118 e. The molecule has 4 nitrogen and oxygen atoms in total. The molecule has 0 aliphatic carbocycles. The summed E-state index contributed by atoms with van der Waals surface area (Å²) in [6, 6.07) is 8.36. The van der Waals surface area contributed by atoms with Gasteiger partial charge in [-0.3, -0.25) is 0 Å². The SMILES string of the molecule is CCNC(COCC1CCCO1)c1ccc(OC)cc1. The average molecular weight is 279 g/mol. The van der Waals surface area contributed by atoms with Crippen LogP contribution in [0.5, 0.6) is 5.75 Å². The lowest BCUT2D eigenvalue weighted by Crippen LogP contribution is -2.27. The van der Waals surface area contributed by atoms with E-state index in [0.29, 0.717) is 13.2 Å². The lowest BCUT2D eigenvalue weighted by molar-refractivity contribution is 0.0101. The third kappa shape index (κ3) is 4.47. The van der Waals surface area contributed by atoms with Crippen LogP contribution in [0.1, 0.15) is 31.4 Å². The number of benzene rings is 1. The lowest BCUT2D eigenvalue weighted by Gasteiger charge is -2.20. The fourth-order valence-corrected chi connectivity index (χ4v) is 2.45. The van der Waals surface area contributed by atoms with Gasteiger partial charge in [-0.1, -0.05) is 19.1 Å². The van der Waals surface area contributed by atoms with Gasteiger partial charge in [0.15, 0.2) is 0 Å². The highest BCUT2D eigenvalue weighted by Crippen LogP contribution is 2.19. The molecule has 1 aromatic carbocycles. The molecule has 112 valence electrons. The first-order valence-corrected chi connectivity index (χ1v) is 7.40. The molecule has 1 aliphatic rings. The van der Waals surface area contributed by atoms with Crippen molar-refractivity contribution >= 4 is 0 Å². The third-order valence-corrected chi connectivity index (χ3v) is 3.58. The molecule has 0 bridgehead atoms. The van der Waals surface area contributed by atoms with Crippen molar-refractivity contribution in [1.29, 1.82) is 0 Å². The Bertz CT molecular complexity index is 374. The van der Waals surface area contributed by atoms with Crippen LogP contribution in [0.2, 0.25) is 0 Å². The zero-order valence-corrected chi connectivity index (χ0v) is 12.4. The molecule has 1 aliphatic heterocycles. The van der Waals surface area contributed by atoms with Gasteiger partial charge >= 0.3 is 0 Å². The predicted molar refractivity (Wildman–Crippen MR) is 79.2 cm³/mol. The second kappa shape index (κ2) is 8.25. The summed E-state index contributed by atoms with van der Waals surface area (Å²) in [4.78, 5) is 0. The van der Waals surface area contributed by atoms with E-state index in [-0.39, 0.29) is 12.1 Å². The highest BCUT2D eigenvalue weighted by Gasteiger charge is 2.17. The van der Waals surface area contributed by atoms with Crippen LogP contribution < -0.4 is 10.1 Å². The van der Waals surface area contributed by atoms with Crippen LogP contribution in [-0.4, -0.2) is 39.6 Å². The van der Waals surface area contributed by atoms with Gasteiger partial charge in [-0.05, 0) is 37.1 Å². The van der Waals surface area contributed by atoms with E-state index >= 15 is 0 Å². The normalized spacial score (nSPS) is 20.0. The van der Waals surface area contributed by atoms with E-state index in [0.717, 1.165) is 31.7 Å². The molecule has 0 aromatic heterocycles. The Hall–Kier alpha value is -1.10. The van der Waals surface area contributed by atoms with Gasteiger partial charge in [-0.2, -0.15) is 0 Å². The molecule has 2 unspecified atom stereocenters. The molecule has 2 rings (SSSR count). The van der Waals surface area contributed by atoms with E-state index in [1.165, 1.54) is 5.56 Å². The van der Waals surface area contributed by atoms with E-state index in [9.17, 15) is 0 Å². The zero-order chi connectivity index (χ0) is 14.2. The van der Waals surface area contributed by atoms with Gasteiger partial charge in [0.2, 0.25) is 0 Å². The number of likely N-dealkylation sites (N-methyl/N-ethyl adjacent to an activating group) is 1.